The van der Waals surface area contributed by atoms with Crippen LogP contribution >= 0.6 is 11.6 Å². The van der Waals surface area contributed by atoms with Crippen LogP contribution in [0.15, 0.2) is 12.1 Å². The van der Waals surface area contributed by atoms with Crippen LogP contribution in [0.5, 0.6) is 17.2 Å². The molecule has 0 amide bonds. The molecule has 0 aliphatic carbocycles. The SMILES string of the molecule is COc1ccc(Cn2nc(C)nc2-c2n[nH]nc2Cl)c(OC)c1OC. The molecule has 1 N–H and O–H groups in total. The number of aromatic amines is 1. The average molecular weight is 365 g/mol. The molecule has 3 rings (SSSR count). The van der Waals surface area contributed by atoms with Gasteiger partial charge in [0.25, 0.3) is 0 Å². The summed E-state index contributed by atoms with van der Waals surface area (Å²) in [5.41, 5.74) is 1.27. The molecule has 2 aromatic heterocycles. The van der Waals surface area contributed by atoms with Crippen molar-refractivity contribution in [3.63, 3.8) is 0 Å². The molecule has 3 aromatic rings. The van der Waals surface area contributed by atoms with Crippen molar-refractivity contribution in [3.8, 4) is 28.8 Å². The predicted molar refractivity (Wildman–Crippen MR) is 90.3 cm³/mol. The van der Waals surface area contributed by atoms with E-state index in [0.717, 1.165) is 5.56 Å². The van der Waals surface area contributed by atoms with E-state index in [2.05, 4.69) is 25.5 Å². The summed E-state index contributed by atoms with van der Waals surface area (Å²) in [5, 5.41) is 15.0. The Morgan fingerprint density at radius 2 is 1.84 bits per heavy atom. The quantitative estimate of drug-likeness (QED) is 0.714. The van der Waals surface area contributed by atoms with Crippen molar-refractivity contribution >= 4 is 11.6 Å². The van der Waals surface area contributed by atoms with Crippen LogP contribution in [0, 0.1) is 6.92 Å². The van der Waals surface area contributed by atoms with Crippen LogP contribution in [0.4, 0.5) is 0 Å². The Bertz CT molecular complexity index is 892. The van der Waals surface area contributed by atoms with E-state index < -0.39 is 0 Å². The average Bonchev–Trinajstić information content (AvgIpc) is 3.19. The van der Waals surface area contributed by atoms with Gasteiger partial charge >= 0.3 is 0 Å². The second-order valence-corrected chi connectivity index (χ2v) is 5.45. The van der Waals surface area contributed by atoms with Crippen LogP contribution in [0.25, 0.3) is 11.5 Å². The number of methoxy groups -OCH3 is 3. The number of ether oxygens (including phenoxy) is 3. The molecule has 0 aliphatic heterocycles. The lowest BCUT2D eigenvalue weighted by Crippen LogP contribution is -2.07. The Balaban J connectivity index is 2.06. The Morgan fingerprint density at radius 1 is 1.08 bits per heavy atom. The van der Waals surface area contributed by atoms with Gasteiger partial charge in [-0.3, -0.25) is 0 Å². The van der Waals surface area contributed by atoms with Crippen molar-refractivity contribution in [1.82, 2.24) is 30.2 Å². The topological polar surface area (TPSA) is 100.0 Å². The van der Waals surface area contributed by atoms with Gasteiger partial charge in [-0.15, -0.1) is 5.10 Å². The van der Waals surface area contributed by atoms with Crippen LogP contribution in [0.1, 0.15) is 11.4 Å². The fourth-order valence-electron chi connectivity index (χ4n) is 2.55. The Kier molecular flexibility index (Phi) is 4.75. The highest BCUT2D eigenvalue weighted by Crippen LogP contribution is 2.40. The molecule has 0 unspecified atom stereocenters. The van der Waals surface area contributed by atoms with E-state index in [9.17, 15) is 0 Å². The second kappa shape index (κ2) is 6.98. The van der Waals surface area contributed by atoms with Crippen LogP contribution in [-0.4, -0.2) is 51.5 Å². The van der Waals surface area contributed by atoms with E-state index in [0.29, 0.717) is 41.1 Å². The highest BCUT2D eigenvalue weighted by molar-refractivity contribution is 6.31. The first-order chi connectivity index (χ1) is 12.1. The van der Waals surface area contributed by atoms with Gasteiger partial charge in [0.2, 0.25) is 5.75 Å². The minimum absolute atomic E-state index is 0.230. The molecular formula is C15H17ClN6O3. The van der Waals surface area contributed by atoms with E-state index >= 15 is 0 Å². The van der Waals surface area contributed by atoms with Gasteiger partial charge in [0, 0.05) is 5.56 Å². The van der Waals surface area contributed by atoms with Crippen molar-refractivity contribution in [2.75, 3.05) is 21.3 Å². The monoisotopic (exact) mass is 364 g/mol. The molecule has 0 radical (unpaired) electrons. The third-order valence-electron chi connectivity index (χ3n) is 3.60. The van der Waals surface area contributed by atoms with Crippen LogP contribution < -0.4 is 14.2 Å². The summed E-state index contributed by atoms with van der Waals surface area (Å²) in [6.07, 6.45) is 0. The zero-order valence-electron chi connectivity index (χ0n) is 14.2. The Labute approximate surface area is 148 Å². The van der Waals surface area contributed by atoms with E-state index in [1.54, 1.807) is 32.9 Å². The molecule has 1 aromatic carbocycles. The molecule has 0 bridgehead atoms. The summed E-state index contributed by atoms with van der Waals surface area (Å²) in [4.78, 5) is 4.39. The Hall–Kier alpha value is -2.81. The van der Waals surface area contributed by atoms with Crippen LogP contribution in [-0.2, 0) is 6.54 Å². The zero-order chi connectivity index (χ0) is 18.0. The maximum atomic E-state index is 6.06. The number of halogens is 1. The number of nitrogens with one attached hydrogen (secondary N) is 1. The summed E-state index contributed by atoms with van der Waals surface area (Å²) < 4.78 is 17.9. The number of aromatic nitrogens is 6. The standard InChI is InChI=1S/C15H17ClN6O3/c1-8-17-15(11-14(16)19-21-18-11)22(20-8)7-9-5-6-10(23-2)13(25-4)12(9)24-3/h5-6H,7H2,1-4H3,(H,18,19,21). The van der Waals surface area contributed by atoms with Crippen molar-refractivity contribution < 1.29 is 14.2 Å². The molecule has 9 nitrogen and oxygen atoms in total. The van der Waals surface area contributed by atoms with Crippen molar-refractivity contribution in [2.24, 2.45) is 0 Å². The van der Waals surface area contributed by atoms with Gasteiger partial charge in [0.15, 0.2) is 28.2 Å². The van der Waals surface area contributed by atoms with Crippen molar-refractivity contribution in [3.05, 3.63) is 28.7 Å². The second-order valence-electron chi connectivity index (χ2n) is 5.10. The highest BCUT2D eigenvalue weighted by Gasteiger charge is 2.20. The molecule has 0 spiro atoms. The zero-order valence-corrected chi connectivity index (χ0v) is 15.0. The molecule has 0 aliphatic rings. The number of nitrogens with zero attached hydrogens (tertiary/aromatic N) is 5. The van der Waals surface area contributed by atoms with Crippen molar-refractivity contribution in [2.45, 2.75) is 13.5 Å². The van der Waals surface area contributed by atoms with E-state index in [-0.39, 0.29) is 5.15 Å². The third-order valence-corrected chi connectivity index (χ3v) is 3.86. The first-order valence-corrected chi connectivity index (χ1v) is 7.72. The fraction of sp³-hybridized carbons (Fsp3) is 0.333. The van der Waals surface area contributed by atoms with E-state index in [1.807, 2.05) is 12.1 Å². The Morgan fingerprint density at radius 3 is 2.44 bits per heavy atom. The van der Waals surface area contributed by atoms with E-state index in [4.69, 9.17) is 25.8 Å². The lowest BCUT2D eigenvalue weighted by Gasteiger charge is -2.16. The minimum Gasteiger partial charge on any atom is -0.493 e. The largest absolute Gasteiger partial charge is 0.493 e. The minimum atomic E-state index is 0.230. The number of hydrogen-bond acceptors (Lipinski definition) is 7. The van der Waals surface area contributed by atoms with Gasteiger partial charge < -0.3 is 14.2 Å². The smallest absolute Gasteiger partial charge is 0.203 e. The molecule has 132 valence electrons. The first kappa shape index (κ1) is 17.0. The summed E-state index contributed by atoms with van der Waals surface area (Å²) in [6, 6.07) is 3.69. The van der Waals surface area contributed by atoms with Gasteiger partial charge in [-0.25, -0.2) is 9.67 Å². The van der Waals surface area contributed by atoms with Gasteiger partial charge in [0.05, 0.1) is 27.9 Å². The summed E-state index contributed by atoms with van der Waals surface area (Å²) >= 11 is 6.06. The summed E-state index contributed by atoms with van der Waals surface area (Å²) in [7, 11) is 4.70. The van der Waals surface area contributed by atoms with Gasteiger partial charge in [-0.05, 0) is 19.1 Å². The van der Waals surface area contributed by atoms with Gasteiger partial charge in [-0.1, -0.05) is 11.6 Å². The number of aryl methyl sites for hydroxylation is 1. The fourth-order valence-corrected chi connectivity index (χ4v) is 2.71. The van der Waals surface area contributed by atoms with Gasteiger partial charge in [0.1, 0.15) is 5.82 Å². The summed E-state index contributed by atoms with van der Waals surface area (Å²) in [6.45, 7) is 2.17. The lowest BCUT2D eigenvalue weighted by atomic mass is 10.1. The predicted octanol–water partition coefficient (Wildman–Crippen LogP) is 2.10. The summed E-state index contributed by atoms with van der Waals surface area (Å²) in [5.74, 6) is 2.76. The van der Waals surface area contributed by atoms with Crippen LogP contribution in [0.2, 0.25) is 5.15 Å². The number of rotatable bonds is 6. The molecule has 0 saturated carbocycles. The lowest BCUT2D eigenvalue weighted by molar-refractivity contribution is 0.321. The molecule has 25 heavy (non-hydrogen) atoms. The molecule has 2 heterocycles. The first-order valence-electron chi connectivity index (χ1n) is 7.35. The number of benzene rings is 1. The number of hydrogen-bond donors (Lipinski definition) is 1. The molecule has 0 fully saturated rings. The molecule has 0 saturated heterocycles. The molecule has 10 heteroatoms. The normalized spacial score (nSPS) is 10.8. The number of H-pyrrole nitrogens is 1. The van der Waals surface area contributed by atoms with E-state index in [1.165, 1.54) is 0 Å². The van der Waals surface area contributed by atoms with Crippen molar-refractivity contribution in [1.29, 1.82) is 0 Å². The highest BCUT2D eigenvalue weighted by atomic mass is 35.5. The molecular weight excluding hydrogens is 348 g/mol. The van der Waals surface area contributed by atoms with Gasteiger partial charge in [-0.2, -0.15) is 15.4 Å². The maximum Gasteiger partial charge on any atom is 0.203 e. The maximum absolute atomic E-state index is 6.06. The van der Waals surface area contributed by atoms with Crippen LogP contribution in [0.3, 0.4) is 0 Å². The third kappa shape index (κ3) is 3.10. The molecule has 0 atom stereocenters.